The highest BCUT2D eigenvalue weighted by atomic mass is 16.5. The Labute approximate surface area is 127 Å². The lowest BCUT2D eigenvalue weighted by atomic mass is 10.00. The van der Waals surface area contributed by atoms with Gasteiger partial charge in [0.05, 0.1) is 6.04 Å². The molecule has 116 valence electrons. The molecular formula is C14H17N5O3. The molecule has 3 rings (SSSR count). The molecule has 0 unspecified atom stereocenters. The van der Waals surface area contributed by atoms with E-state index in [-0.39, 0.29) is 18.6 Å². The van der Waals surface area contributed by atoms with E-state index in [2.05, 4.69) is 15.1 Å². The van der Waals surface area contributed by atoms with Crippen molar-refractivity contribution in [1.82, 2.24) is 20.0 Å². The van der Waals surface area contributed by atoms with Crippen LogP contribution in [0.3, 0.4) is 0 Å². The Kier molecular flexibility index (Phi) is 3.76. The second-order valence-corrected chi connectivity index (χ2v) is 5.29. The predicted molar refractivity (Wildman–Crippen MR) is 77.1 cm³/mol. The molecule has 0 spiro atoms. The Balaban J connectivity index is 1.98. The van der Waals surface area contributed by atoms with Gasteiger partial charge in [0.15, 0.2) is 6.10 Å². The maximum absolute atomic E-state index is 12.0. The monoisotopic (exact) mass is 303 g/mol. The molecule has 1 aliphatic rings. The molecule has 3 heterocycles. The van der Waals surface area contributed by atoms with Gasteiger partial charge in [0.1, 0.15) is 6.61 Å². The number of pyridine rings is 1. The Bertz CT molecular complexity index is 658. The van der Waals surface area contributed by atoms with E-state index in [4.69, 9.17) is 9.26 Å². The van der Waals surface area contributed by atoms with Gasteiger partial charge in [-0.2, -0.15) is 4.98 Å². The molecule has 0 aliphatic carbocycles. The average molecular weight is 303 g/mol. The topological polar surface area (TPSA) is 84.6 Å². The third-order valence-electron chi connectivity index (χ3n) is 3.58. The van der Waals surface area contributed by atoms with Gasteiger partial charge in [0.2, 0.25) is 5.91 Å². The summed E-state index contributed by atoms with van der Waals surface area (Å²) in [6.07, 6.45) is 2.87. The molecule has 2 aromatic rings. The lowest BCUT2D eigenvalue weighted by molar-refractivity contribution is -0.157. The van der Waals surface area contributed by atoms with Gasteiger partial charge in [-0.25, -0.2) is 0 Å². The van der Waals surface area contributed by atoms with E-state index in [1.807, 2.05) is 26.2 Å². The second kappa shape index (κ2) is 5.72. The number of hydrogen-bond donors (Lipinski definition) is 0. The number of amides is 1. The highest BCUT2D eigenvalue weighted by Gasteiger charge is 2.40. The summed E-state index contributed by atoms with van der Waals surface area (Å²) >= 11 is 0. The fourth-order valence-electron chi connectivity index (χ4n) is 2.39. The predicted octanol–water partition coefficient (Wildman–Crippen LogP) is 0.802. The summed E-state index contributed by atoms with van der Waals surface area (Å²) in [6.45, 7) is -0.0163. The number of ether oxygens (including phenoxy) is 1. The van der Waals surface area contributed by atoms with Gasteiger partial charge in [-0.05, 0) is 16.8 Å². The number of carbonyl (C=O) groups excluding carboxylic acids is 1. The van der Waals surface area contributed by atoms with Crippen LogP contribution in [0.2, 0.25) is 0 Å². The van der Waals surface area contributed by atoms with Crippen molar-refractivity contribution in [1.29, 1.82) is 0 Å². The van der Waals surface area contributed by atoms with E-state index in [0.29, 0.717) is 11.8 Å². The zero-order valence-corrected chi connectivity index (χ0v) is 12.6. The molecule has 1 aliphatic heterocycles. The van der Waals surface area contributed by atoms with Gasteiger partial charge in [0, 0.05) is 33.5 Å². The minimum Gasteiger partial charge on any atom is -0.356 e. The number of nitrogens with zero attached hydrogens (tertiary/aromatic N) is 5. The zero-order chi connectivity index (χ0) is 15.7. The van der Waals surface area contributed by atoms with Gasteiger partial charge < -0.3 is 19.1 Å². The number of rotatable bonds is 3. The molecule has 0 aromatic carbocycles. The van der Waals surface area contributed by atoms with Crippen molar-refractivity contribution in [3.63, 3.8) is 0 Å². The molecule has 0 radical (unpaired) electrons. The van der Waals surface area contributed by atoms with Crippen molar-refractivity contribution in [3.8, 4) is 0 Å². The first-order valence-corrected chi connectivity index (χ1v) is 6.86. The molecule has 1 saturated heterocycles. The number of carbonyl (C=O) groups is 1. The van der Waals surface area contributed by atoms with Crippen LogP contribution in [-0.4, -0.2) is 53.7 Å². The first-order valence-electron chi connectivity index (χ1n) is 6.86. The summed E-state index contributed by atoms with van der Waals surface area (Å²) in [6, 6.07) is 3.36. The van der Waals surface area contributed by atoms with Crippen LogP contribution in [0, 0.1) is 0 Å². The van der Waals surface area contributed by atoms with Crippen molar-refractivity contribution in [2.75, 3.05) is 32.6 Å². The van der Waals surface area contributed by atoms with E-state index in [1.54, 1.807) is 29.2 Å². The Morgan fingerprint density at radius 2 is 2.23 bits per heavy atom. The third-order valence-corrected chi connectivity index (χ3v) is 3.58. The molecule has 8 heteroatoms. The second-order valence-electron chi connectivity index (χ2n) is 5.29. The number of likely N-dealkylation sites (N-methyl/N-ethyl adjacent to an activating group) is 1. The van der Waals surface area contributed by atoms with E-state index in [1.165, 1.54) is 0 Å². The minimum atomic E-state index is -0.520. The van der Waals surface area contributed by atoms with Crippen LogP contribution in [0.25, 0.3) is 0 Å². The molecule has 1 amide bonds. The highest BCUT2D eigenvalue weighted by molar-refractivity contribution is 5.78. The van der Waals surface area contributed by atoms with Gasteiger partial charge in [0.25, 0.3) is 11.8 Å². The number of aromatic nitrogens is 3. The van der Waals surface area contributed by atoms with Crippen LogP contribution < -0.4 is 4.90 Å². The quantitative estimate of drug-likeness (QED) is 0.829. The molecule has 0 bridgehead atoms. The van der Waals surface area contributed by atoms with Crippen molar-refractivity contribution in [2.45, 2.75) is 12.1 Å². The lowest BCUT2D eigenvalue weighted by Crippen LogP contribution is -2.43. The average Bonchev–Trinajstić information content (AvgIpc) is 3.00. The highest BCUT2D eigenvalue weighted by Crippen LogP contribution is 2.38. The maximum Gasteiger partial charge on any atom is 0.265 e. The van der Waals surface area contributed by atoms with Crippen molar-refractivity contribution < 1.29 is 14.1 Å². The van der Waals surface area contributed by atoms with Crippen molar-refractivity contribution >= 4 is 11.9 Å². The first kappa shape index (κ1) is 14.5. The number of morpholine rings is 1. The lowest BCUT2D eigenvalue weighted by Gasteiger charge is -2.37. The summed E-state index contributed by atoms with van der Waals surface area (Å²) in [5, 5.41) is 3.90. The maximum atomic E-state index is 12.0. The van der Waals surface area contributed by atoms with Gasteiger partial charge in [-0.1, -0.05) is 6.07 Å². The molecule has 22 heavy (non-hydrogen) atoms. The van der Waals surface area contributed by atoms with Crippen LogP contribution in [0.4, 0.5) is 5.95 Å². The normalized spacial score (nSPS) is 22.0. The number of hydrogen-bond acceptors (Lipinski definition) is 7. The fourth-order valence-corrected chi connectivity index (χ4v) is 2.39. The fraction of sp³-hybridized carbons (Fsp3) is 0.429. The van der Waals surface area contributed by atoms with E-state index < -0.39 is 6.10 Å². The molecule has 1 fully saturated rings. The summed E-state index contributed by atoms with van der Waals surface area (Å²) < 4.78 is 11.0. The standard InChI is InChI=1S/C14H17N5O3/c1-18(2)14-16-13(22-17-14)12-11(9-5-4-6-15-7-9)19(3)10(20)8-21-12/h4-7,11-12H,8H2,1-3H3/t11-,12+/m0/s1. The van der Waals surface area contributed by atoms with Crippen LogP contribution in [0.5, 0.6) is 0 Å². The van der Waals surface area contributed by atoms with Crippen LogP contribution in [0.1, 0.15) is 23.6 Å². The molecule has 2 aromatic heterocycles. The van der Waals surface area contributed by atoms with Crippen LogP contribution in [-0.2, 0) is 9.53 Å². The zero-order valence-electron chi connectivity index (χ0n) is 12.6. The van der Waals surface area contributed by atoms with Gasteiger partial charge in [-0.15, -0.1) is 0 Å². The van der Waals surface area contributed by atoms with Gasteiger partial charge >= 0.3 is 0 Å². The SMILES string of the molecule is CN(C)c1noc([C@@H]2OCC(=O)N(C)[C@H]2c2cccnc2)n1. The van der Waals surface area contributed by atoms with Crippen molar-refractivity contribution in [2.24, 2.45) is 0 Å². The Morgan fingerprint density at radius 3 is 2.86 bits per heavy atom. The van der Waals surface area contributed by atoms with E-state index >= 15 is 0 Å². The summed E-state index contributed by atoms with van der Waals surface area (Å²) in [5.74, 6) is 0.706. The molecule has 8 nitrogen and oxygen atoms in total. The van der Waals surface area contributed by atoms with E-state index in [9.17, 15) is 4.79 Å². The minimum absolute atomic E-state index is 0.0163. The Hall–Kier alpha value is -2.48. The van der Waals surface area contributed by atoms with Gasteiger partial charge in [-0.3, -0.25) is 9.78 Å². The Morgan fingerprint density at radius 1 is 1.41 bits per heavy atom. The third kappa shape index (κ3) is 2.52. The molecule has 2 atom stereocenters. The molecular weight excluding hydrogens is 286 g/mol. The first-order chi connectivity index (χ1) is 10.6. The van der Waals surface area contributed by atoms with Crippen LogP contribution in [0.15, 0.2) is 29.0 Å². The summed E-state index contributed by atoms with van der Waals surface area (Å²) in [4.78, 5) is 23.8. The molecule has 0 N–H and O–H groups in total. The van der Waals surface area contributed by atoms with E-state index in [0.717, 1.165) is 5.56 Å². The summed E-state index contributed by atoms with van der Waals surface area (Å²) in [5.41, 5.74) is 0.854. The van der Waals surface area contributed by atoms with Crippen molar-refractivity contribution in [3.05, 3.63) is 36.0 Å². The number of anilines is 1. The molecule has 0 saturated carbocycles. The summed E-state index contributed by atoms with van der Waals surface area (Å²) in [7, 11) is 5.38. The largest absolute Gasteiger partial charge is 0.356 e. The van der Waals surface area contributed by atoms with Crippen LogP contribution >= 0.6 is 0 Å². The smallest absolute Gasteiger partial charge is 0.265 e.